The van der Waals surface area contributed by atoms with Gasteiger partial charge in [-0.15, -0.1) is 6.58 Å². The molecule has 0 N–H and O–H groups in total. The molecule has 0 spiro atoms. The molecule has 0 aromatic rings. The highest BCUT2D eigenvalue weighted by Gasteiger charge is 1.95. The molecule has 0 bridgehead atoms. The fraction of sp³-hybridized carbons (Fsp3) is 0.833. The summed E-state index contributed by atoms with van der Waals surface area (Å²) in [5.41, 5.74) is 0. The lowest BCUT2D eigenvalue weighted by molar-refractivity contribution is 0.457. The van der Waals surface area contributed by atoms with Crippen molar-refractivity contribution in [2.24, 2.45) is 11.8 Å². The predicted molar refractivity (Wildman–Crippen MR) is 61.5 cm³/mol. The van der Waals surface area contributed by atoms with Crippen LogP contribution in [-0.4, -0.2) is 0 Å². The summed E-state index contributed by atoms with van der Waals surface area (Å²) in [7, 11) is 0. The molecular formula is C12H28. The molecule has 0 saturated heterocycles. The summed E-state index contributed by atoms with van der Waals surface area (Å²) in [6.07, 6.45) is 3.00. The molecular weight excluding hydrogens is 144 g/mol. The van der Waals surface area contributed by atoms with Crippen LogP contribution >= 0.6 is 0 Å². The fourth-order valence-corrected chi connectivity index (χ4v) is 0. The zero-order valence-corrected chi connectivity index (χ0v) is 10.1. The van der Waals surface area contributed by atoms with Gasteiger partial charge in [0.2, 0.25) is 0 Å². The number of allylic oxidation sites excluding steroid dienone is 1. The van der Waals surface area contributed by atoms with Gasteiger partial charge < -0.3 is 0 Å². The monoisotopic (exact) mass is 172 g/mol. The van der Waals surface area contributed by atoms with Crippen LogP contribution in [-0.2, 0) is 0 Å². The minimum atomic E-state index is 0.852. The Kier molecular flexibility index (Phi) is 25.1. The van der Waals surface area contributed by atoms with E-state index in [1.165, 1.54) is 6.42 Å². The lowest BCUT2D eigenvalue weighted by Crippen LogP contribution is -1.95. The summed E-state index contributed by atoms with van der Waals surface area (Å²) >= 11 is 0. The van der Waals surface area contributed by atoms with Gasteiger partial charge in [0.05, 0.1) is 0 Å². The van der Waals surface area contributed by atoms with E-state index in [-0.39, 0.29) is 0 Å². The third kappa shape index (κ3) is 53.2. The maximum atomic E-state index is 3.36. The van der Waals surface area contributed by atoms with Crippen LogP contribution in [0.1, 0.15) is 54.9 Å². The first kappa shape index (κ1) is 17.7. The minimum Gasteiger partial charge on any atom is -0.103 e. The van der Waals surface area contributed by atoms with Gasteiger partial charge in [-0.05, 0) is 18.8 Å². The average Bonchev–Trinajstić information content (AvgIpc) is 1.90. The van der Waals surface area contributed by atoms with E-state index >= 15 is 0 Å². The Morgan fingerprint density at radius 3 is 1.08 bits per heavy atom. The van der Waals surface area contributed by atoms with Crippen LogP contribution in [0.25, 0.3) is 0 Å². The molecule has 76 valence electrons. The van der Waals surface area contributed by atoms with Gasteiger partial charge in [-0.25, -0.2) is 0 Å². The maximum Gasteiger partial charge on any atom is -0.0448 e. The summed E-state index contributed by atoms with van der Waals surface area (Å²) in [6.45, 7) is 18.5. The third-order valence-corrected chi connectivity index (χ3v) is 1.33. The molecule has 0 unspecified atom stereocenters. The smallest absolute Gasteiger partial charge is 0.0448 e. The number of hydrogen-bond acceptors (Lipinski definition) is 0. The van der Waals surface area contributed by atoms with E-state index in [1.807, 2.05) is 6.92 Å². The van der Waals surface area contributed by atoms with E-state index < -0.39 is 0 Å². The molecule has 0 aliphatic carbocycles. The van der Waals surface area contributed by atoms with E-state index in [9.17, 15) is 0 Å². The van der Waals surface area contributed by atoms with Gasteiger partial charge in [-0.1, -0.05) is 54.0 Å². The quantitative estimate of drug-likeness (QED) is 0.493. The Labute approximate surface area is 80.1 Å². The first-order valence-corrected chi connectivity index (χ1v) is 5.04. The Hall–Kier alpha value is -0.260. The zero-order valence-electron chi connectivity index (χ0n) is 10.1. The summed E-state index contributed by atoms with van der Waals surface area (Å²) < 4.78 is 0. The van der Waals surface area contributed by atoms with Crippen molar-refractivity contribution < 1.29 is 0 Å². The number of hydrogen-bond donors (Lipinski definition) is 0. The highest BCUT2D eigenvalue weighted by molar-refractivity contribution is 4.51. The second kappa shape index (κ2) is 17.0. The Morgan fingerprint density at radius 2 is 1.08 bits per heavy atom. The standard InChI is InChI=1S/C6H14.C3H8.C3H6/c1-5(2)6(3)4;2*1-3-2/h5-6H,1-4H3;3H2,1-2H3;3H,1H2,2H3. The van der Waals surface area contributed by atoms with Crippen LogP contribution in [0.15, 0.2) is 12.7 Å². The van der Waals surface area contributed by atoms with Gasteiger partial charge in [0.15, 0.2) is 0 Å². The van der Waals surface area contributed by atoms with Crippen molar-refractivity contribution in [3.63, 3.8) is 0 Å². The summed E-state index contributed by atoms with van der Waals surface area (Å²) in [6, 6.07) is 0. The molecule has 0 aliphatic rings. The van der Waals surface area contributed by atoms with Crippen molar-refractivity contribution in [3.8, 4) is 0 Å². The Morgan fingerprint density at radius 1 is 1.00 bits per heavy atom. The molecule has 0 aromatic heterocycles. The lowest BCUT2D eigenvalue weighted by Gasteiger charge is -2.05. The molecule has 0 heteroatoms. The van der Waals surface area contributed by atoms with E-state index in [1.54, 1.807) is 6.08 Å². The molecule has 0 fully saturated rings. The first-order chi connectivity index (χ1) is 5.47. The topological polar surface area (TPSA) is 0 Å². The van der Waals surface area contributed by atoms with Crippen molar-refractivity contribution in [2.75, 3.05) is 0 Å². The van der Waals surface area contributed by atoms with Crippen molar-refractivity contribution in [2.45, 2.75) is 54.9 Å². The van der Waals surface area contributed by atoms with Crippen molar-refractivity contribution in [3.05, 3.63) is 12.7 Å². The Balaban J connectivity index is -0.000000115. The third-order valence-electron chi connectivity index (χ3n) is 1.33. The van der Waals surface area contributed by atoms with Crippen molar-refractivity contribution in [1.82, 2.24) is 0 Å². The summed E-state index contributed by atoms with van der Waals surface area (Å²) in [5, 5.41) is 0. The van der Waals surface area contributed by atoms with Crippen LogP contribution in [0.3, 0.4) is 0 Å². The second-order valence-electron chi connectivity index (χ2n) is 3.60. The van der Waals surface area contributed by atoms with Gasteiger partial charge >= 0.3 is 0 Å². The van der Waals surface area contributed by atoms with Crippen LogP contribution in [0.5, 0.6) is 0 Å². The lowest BCUT2D eigenvalue weighted by atomic mass is 10.0. The molecule has 0 aliphatic heterocycles. The largest absolute Gasteiger partial charge is 0.103 e. The highest BCUT2D eigenvalue weighted by Crippen LogP contribution is 2.05. The van der Waals surface area contributed by atoms with Gasteiger partial charge in [-0.3, -0.25) is 0 Å². The molecule has 0 atom stereocenters. The van der Waals surface area contributed by atoms with E-state index in [0.717, 1.165) is 11.8 Å². The highest BCUT2D eigenvalue weighted by atomic mass is 14.0. The van der Waals surface area contributed by atoms with E-state index in [2.05, 4.69) is 48.1 Å². The predicted octanol–water partition coefficient (Wildman–Crippen LogP) is 4.91. The molecule has 0 radical (unpaired) electrons. The zero-order chi connectivity index (χ0) is 10.6. The minimum absolute atomic E-state index is 0.852. The van der Waals surface area contributed by atoms with Crippen molar-refractivity contribution >= 4 is 0 Å². The molecule has 0 rings (SSSR count). The van der Waals surface area contributed by atoms with E-state index in [0.29, 0.717) is 0 Å². The van der Waals surface area contributed by atoms with Crippen LogP contribution in [0.2, 0.25) is 0 Å². The SMILES string of the molecule is C=CC.CC(C)C(C)C.CCC. The van der Waals surface area contributed by atoms with Gasteiger partial charge in [0.25, 0.3) is 0 Å². The van der Waals surface area contributed by atoms with Crippen LogP contribution < -0.4 is 0 Å². The van der Waals surface area contributed by atoms with Gasteiger partial charge in [-0.2, -0.15) is 0 Å². The van der Waals surface area contributed by atoms with Gasteiger partial charge in [0, 0.05) is 0 Å². The molecule has 0 nitrogen and oxygen atoms in total. The van der Waals surface area contributed by atoms with Gasteiger partial charge in [0.1, 0.15) is 0 Å². The Bertz CT molecular complexity index is 54.4. The maximum absolute atomic E-state index is 3.36. The molecule has 0 amide bonds. The van der Waals surface area contributed by atoms with Crippen LogP contribution in [0.4, 0.5) is 0 Å². The average molecular weight is 172 g/mol. The summed E-state index contributed by atoms with van der Waals surface area (Å²) in [4.78, 5) is 0. The van der Waals surface area contributed by atoms with Crippen molar-refractivity contribution in [1.29, 1.82) is 0 Å². The van der Waals surface area contributed by atoms with E-state index in [4.69, 9.17) is 0 Å². The summed E-state index contributed by atoms with van der Waals surface area (Å²) in [5.74, 6) is 1.70. The molecule has 0 aromatic carbocycles. The van der Waals surface area contributed by atoms with Crippen LogP contribution in [0, 0.1) is 11.8 Å². The second-order valence-corrected chi connectivity index (χ2v) is 3.60. The molecule has 12 heavy (non-hydrogen) atoms. The molecule has 0 saturated carbocycles. The molecule has 0 heterocycles. The number of rotatable bonds is 1. The fourth-order valence-electron chi connectivity index (χ4n) is 0. The normalized spacial score (nSPS) is 8.08. The first-order valence-electron chi connectivity index (χ1n) is 5.04.